The van der Waals surface area contributed by atoms with Gasteiger partial charge in [-0.1, -0.05) is 29.8 Å². The highest BCUT2D eigenvalue weighted by Crippen LogP contribution is 2.36. The molecule has 2 aliphatic rings. The Morgan fingerprint density at radius 2 is 1.79 bits per heavy atom. The maximum atomic E-state index is 13.3. The summed E-state index contributed by atoms with van der Waals surface area (Å²) in [6, 6.07) is 15.8. The minimum Gasteiger partial charge on any atom is -0.493 e. The molecule has 0 spiro atoms. The second kappa shape index (κ2) is 9.24. The Bertz CT molecular complexity index is 1150. The van der Waals surface area contributed by atoms with Crippen molar-refractivity contribution in [2.45, 2.75) is 26.3 Å². The molecule has 0 unspecified atom stereocenters. The van der Waals surface area contributed by atoms with E-state index in [0.717, 1.165) is 42.1 Å². The largest absolute Gasteiger partial charge is 0.493 e. The Balaban J connectivity index is 1.32. The molecule has 3 heterocycles. The van der Waals surface area contributed by atoms with Gasteiger partial charge in [-0.25, -0.2) is 0 Å². The highest BCUT2D eigenvalue weighted by molar-refractivity contribution is 6.10. The number of fused-ring (bicyclic) bond motifs is 1. The molecule has 0 saturated carbocycles. The molecule has 33 heavy (non-hydrogen) atoms. The lowest BCUT2D eigenvalue weighted by molar-refractivity contribution is 0.0996. The van der Waals surface area contributed by atoms with Crippen LogP contribution in [0.5, 0.6) is 11.5 Å². The molecule has 0 atom stereocenters. The first-order valence-electron chi connectivity index (χ1n) is 11.5. The third-order valence-corrected chi connectivity index (χ3v) is 6.46. The summed E-state index contributed by atoms with van der Waals surface area (Å²) in [7, 11) is 1.63. The molecule has 1 amide bonds. The van der Waals surface area contributed by atoms with Gasteiger partial charge in [0.05, 0.1) is 19.3 Å². The number of benzene rings is 2. The Hall–Kier alpha value is -3.38. The maximum Gasteiger partial charge on any atom is 0.259 e. The molecule has 2 aromatic carbocycles. The average Bonchev–Trinajstić information content (AvgIpc) is 3.47. The number of hydrogen-bond donors (Lipinski definition) is 0. The third-order valence-electron chi connectivity index (χ3n) is 6.46. The number of likely N-dealkylation sites (tertiary alicyclic amines) is 1. The van der Waals surface area contributed by atoms with Gasteiger partial charge in [0.15, 0.2) is 11.5 Å². The number of amides is 1. The van der Waals surface area contributed by atoms with Crippen molar-refractivity contribution in [1.82, 2.24) is 9.88 Å². The van der Waals surface area contributed by atoms with Crippen LogP contribution in [0.2, 0.25) is 0 Å². The minimum absolute atomic E-state index is 0.0227. The highest BCUT2D eigenvalue weighted by atomic mass is 16.5. The van der Waals surface area contributed by atoms with Crippen molar-refractivity contribution in [2.24, 2.45) is 0 Å². The predicted molar refractivity (Wildman–Crippen MR) is 129 cm³/mol. The van der Waals surface area contributed by atoms with E-state index in [0.29, 0.717) is 30.2 Å². The van der Waals surface area contributed by atoms with Gasteiger partial charge in [0.2, 0.25) is 0 Å². The molecule has 3 aromatic rings. The van der Waals surface area contributed by atoms with E-state index in [1.807, 2.05) is 42.6 Å². The zero-order valence-corrected chi connectivity index (χ0v) is 19.2. The Morgan fingerprint density at radius 1 is 1.00 bits per heavy atom. The first kappa shape index (κ1) is 21.5. The molecule has 1 aromatic heterocycles. The topological polar surface area (TPSA) is 54.9 Å². The monoisotopic (exact) mass is 443 g/mol. The van der Waals surface area contributed by atoms with Crippen LogP contribution in [0.3, 0.4) is 0 Å². The predicted octanol–water partition coefficient (Wildman–Crippen LogP) is 4.70. The van der Waals surface area contributed by atoms with E-state index in [2.05, 4.69) is 28.9 Å². The van der Waals surface area contributed by atoms with Crippen molar-refractivity contribution >= 4 is 11.6 Å². The van der Waals surface area contributed by atoms with Gasteiger partial charge in [0.25, 0.3) is 5.91 Å². The van der Waals surface area contributed by atoms with Gasteiger partial charge in [-0.05, 0) is 51.1 Å². The minimum atomic E-state index is -0.0227. The van der Waals surface area contributed by atoms with E-state index in [4.69, 9.17) is 9.47 Å². The molecule has 0 N–H and O–H groups in total. The van der Waals surface area contributed by atoms with Crippen LogP contribution >= 0.6 is 0 Å². The van der Waals surface area contributed by atoms with Gasteiger partial charge >= 0.3 is 0 Å². The molecule has 6 nitrogen and oxygen atoms in total. The van der Waals surface area contributed by atoms with Crippen molar-refractivity contribution in [1.29, 1.82) is 0 Å². The number of hydrogen-bond acceptors (Lipinski definition) is 5. The Kier molecular flexibility index (Phi) is 6.01. The average molecular weight is 444 g/mol. The summed E-state index contributed by atoms with van der Waals surface area (Å²) in [6.07, 6.45) is 4.36. The van der Waals surface area contributed by atoms with Crippen LogP contribution in [0.25, 0.3) is 11.3 Å². The van der Waals surface area contributed by atoms with Crippen LogP contribution in [0.15, 0.2) is 54.7 Å². The van der Waals surface area contributed by atoms with E-state index in [9.17, 15) is 4.79 Å². The number of aromatic nitrogens is 1. The molecule has 0 aliphatic carbocycles. The quantitative estimate of drug-likeness (QED) is 0.530. The molecule has 2 aliphatic heterocycles. The fourth-order valence-corrected chi connectivity index (χ4v) is 4.52. The number of ether oxygens (including phenoxy) is 2. The highest BCUT2D eigenvalue weighted by Gasteiger charge is 2.30. The zero-order valence-electron chi connectivity index (χ0n) is 19.2. The van der Waals surface area contributed by atoms with E-state index in [-0.39, 0.29) is 5.91 Å². The molecular formula is C27H29N3O3. The van der Waals surface area contributed by atoms with Gasteiger partial charge in [-0.2, -0.15) is 0 Å². The van der Waals surface area contributed by atoms with Gasteiger partial charge in [0.1, 0.15) is 6.61 Å². The molecule has 1 fully saturated rings. The molecule has 0 bridgehead atoms. The standard InChI is InChI=1S/C27H29N3O3/c1-19-5-7-20(8-6-19)24-16-23-21(17-28-24)18-30(27(23)31)22-9-10-25(26(15-22)32-2)33-14-13-29-11-3-4-12-29/h5-10,15-17H,3-4,11-14,18H2,1-2H3. The van der Waals surface area contributed by atoms with Crippen molar-refractivity contribution in [3.8, 4) is 22.8 Å². The van der Waals surface area contributed by atoms with Crippen molar-refractivity contribution in [2.75, 3.05) is 38.3 Å². The maximum absolute atomic E-state index is 13.3. The summed E-state index contributed by atoms with van der Waals surface area (Å²) >= 11 is 0. The number of aryl methyl sites for hydroxylation is 1. The number of nitrogens with zero attached hydrogens (tertiary/aromatic N) is 3. The van der Waals surface area contributed by atoms with Crippen LogP contribution in [0, 0.1) is 6.92 Å². The lowest BCUT2D eigenvalue weighted by Gasteiger charge is -2.19. The summed E-state index contributed by atoms with van der Waals surface area (Å²) < 4.78 is 11.6. The van der Waals surface area contributed by atoms with E-state index < -0.39 is 0 Å². The fraction of sp³-hybridized carbons (Fsp3) is 0.333. The lowest BCUT2D eigenvalue weighted by Crippen LogP contribution is -2.25. The van der Waals surface area contributed by atoms with Crippen LogP contribution < -0.4 is 14.4 Å². The third kappa shape index (κ3) is 4.44. The number of methoxy groups -OCH3 is 1. The summed E-state index contributed by atoms with van der Waals surface area (Å²) in [5, 5.41) is 0. The first-order chi connectivity index (χ1) is 16.1. The van der Waals surface area contributed by atoms with Gasteiger partial charge < -0.3 is 14.4 Å². The van der Waals surface area contributed by atoms with E-state index in [1.54, 1.807) is 12.0 Å². The molecule has 1 saturated heterocycles. The van der Waals surface area contributed by atoms with Crippen LogP contribution in [-0.2, 0) is 6.54 Å². The summed E-state index contributed by atoms with van der Waals surface area (Å²) in [5.41, 5.74) is 5.43. The van der Waals surface area contributed by atoms with Crippen molar-refractivity contribution in [3.63, 3.8) is 0 Å². The van der Waals surface area contributed by atoms with Crippen LogP contribution in [0.4, 0.5) is 5.69 Å². The molecule has 5 rings (SSSR count). The fourth-order valence-electron chi connectivity index (χ4n) is 4.52. The second-order valence-corrected chi connectivity index (χ2v) is 8.72. The number of carbonyl (C=O) groups is 1. The summed E-state index contributed by atoms with van der Waals surface area (Å²) in [5.74, 6) is 1.31. The van der Waals surface area contributed by atoms with Crippen LogP contribution in [0.1, 0.15) is 34.3 Å². The van der Waals surface area contributed by atoms with Gasteiger partial charge in [-0.3, -0.25) is 14.7 Å². The SMILES string of the molecule is COc1cc(N2Cc3cnc(-c4ccc(C)cc4)cc3C2=O)ccc1OCCN1CCCC1. The van der Waals surface area contributed by atoms with E-state index >= 15 is 0 Å². The molecule has 0 radical (unpaired) electrons. The number of carbonyl (C=O) groups excluding carboxylic acids is 1. The first-order valence-corrected chi connectivity index (χ1v) is 11.5. The number of rotatable bonds is 7. The molecule has 6 heteroatoms. The van der Waals surface area contributed by atoms with Gasteiger partial charge in [-0.15, -0.1) is 0 Å². The summed E-state index contributed by atoms with van der Waals surface area (Å²) in [4.78, 5) is 22.0. The Morgan fingerprint density at radius 3 is 2.55 bits per heavy atom. The van der Waals surface area contributed by atoms with Crippen molar-refractivity contribution in [3.05, 3.63) is 71.4 Å². The smallest absolute Gasteiger partial charge is 0.259 e. The number of pyridine rings is 1. The van der Waals surface area contributed by atoms with Crippen molar-refractivity contribution < 1.29 is 14.3 Å². The normalized spacial score (nSPS) is 15.7. The lowest BCUT2D eigenvalue weighted by atomic mass is 10.1. The van der Waals surface area contributed by atoms with E-state index in [1.165, 1.54) is 18.4 Å². The number of anilines is 1. The zero-order chi connectivity index (χ0) is 22.8. The molecular weight excluding hydrogens is 414 g/mol. The second-order valence-electron chi connectivity index (χ2n) is 8.72. The Labute approximate surface area is 194 Å². The van der Waals surface area contributed by atoms with Crippen LogP contribution in [-0.4, -0.2) is 49.1 Å². The summed E-state index contributed by atoms with van der Waals surface area (Å²) in [6.45, 7) is 6.39. The molecule has 170 valence electrons. The van der Waals surface area contributed by atoms with Gasteiger partial charge in [0, 0.05) is 41.2 Å².